The minimum atomic E-state index is -3.05. The van der Waals surface area contributed by atoms with Gasteiger partial charge in [-0.25, -0.2) is 0 Å². The summed E-state index contributed by atoms with van der Waals surface area (Å²) in [4.78, 5) is 59.2. The standard InChI is InChI=1S/C43H42ClN3O6Si/c1-27-40(54(2,3)52)37(24-38(49)45(21-22-48)25-28-9-5-4-6-10-28)53-43(27)34-23-31(44)17-20-35(34)46(42(43)51)26-29-15-18-32(19-16-29)47-36-14-8-12-30-11-7-13-33(39(30)36)41(47)50/h4-20,23,27,37,40,48,52H,21-22,24-26H2,1-3H3/t27-,37+,40-,43+/m0/s1. The molecule has 0 saturated carbocycles. The number of benzene rings is 5. The summed E-state index contributed by atoms with van der Waals surface area (Å²) in [6.45, 7) is 6.07. The van der Waals surface area contributed by atoms with Gasteiger partial charge in [-0.2, -0.15) is 0 Å². The molecule has 3 heterocycles. The van der Waals surface area contributed by atoms with Crippen LogP contribution >= 0.6 is 11.6 Å². The van der Waals surface area contributed by atoms with Gasteiger partial charge in [0.2, 0.25) is 5.91 Å². The Balaban J connectivity index is 1.09. The zero-order valence-corrected chi connectivity index (χ0v) is 32.2. The Morgan fingerprint density at radius 3 is 2.33 bits per heavy atom. The molecule has 1 fully saturated rings. The van der Waals surface area contributed by atoms with Gasteiger partial charge in [-0.15, -0.1) is 0 Å². The van der Waals surface area contributed by atoms with Gasteiger partial charge in [-0.3, -0.25) is 19.3 Å². The Labute approximate surface area is 320 Å². The minimum absolute atomic E-state index is 0.0575. The number of carbonyl (C=O) groups excluding carboxylic acids is 3. The maximum Gasteiger partial charge on any atom is 0.264 e. The molecular formula is C43H42ClN3O6Si. The summed E-state index contributed by atoms with van der Waals surface area (Å²) >= 11 is 6.60. The van der Waals surface area contributed by atoms with E-state index in [-0.39, 0.29) is 43.8 Å². The topological polar surface area (TPSA) is 111 Å². The normalized spacial score (nSPS) is 21.8. The molecule has 11 heteroatoms. The first kappa shape index (κ1) is 36.1. The van der Waals surface area contributed by atoms with E-state index in [2.05, 4.69) is 0 Å². The van der Waals surface area contributed by atoms with Crippen molar-refractivity contribution in [3.63, 3.8) is 0 Å². The predicted octanol–water partition coefficient (Wildman–Crippen LogP) is 7.54. The van der Waals surface area contributed by atoms with Crippen molar-refractivity contribution >= 4 is 65.5 Å². The number of rotatable bonds is 10. The molecule has 0 aliphatic carbocycles. The van der Waals surface area contributed by atoms with Crippen LogP contribution < -0.4 is 9.80 Å². The van der Waals surface area contributed by atoms with Crippen LogP contribution in [-0.4, -0.2) is 60.1 Å². The molecule has 0 unspecified atom stereocenters. The van der Waals surface area contributed by atoms with Crippen LogP contribution in [0.4, 0.5) is 17.1 Å². The van der Waals surface area contributed by atoms with Crippen LogP contribution in [0.2, 0.25) is 23.7 Å². The van der Waals surface area contributed by atoms with Crippen molar-refractivity contribution in [1.82, 2.24) is 4.90 Å². The fourth-order valence-electron chi connectivity index (χ4n) is 9.03. The van der Waals surface area contributed by atoms with Gasteiger partial charge in [0.15, 0.2) is 13.9 Å². The van der Waals surface area contributed by atoms with Crippen LogP contribution in [0.25, 0.3) is 10.8 Å². The molecule has 5 aromatic carbocycles. The van der Waals surface area contributed by atoms with Crippen LogP contribution in [0.15, 0.2) is 109 Å². The van der Waals surface area contributed by atoms with E-state index in [1.165, 1.54) is 0 Å². The van der Waals surface area contributed by atoms with Crippen LogP contribution in [-0.2, 0) is 33.0 Å². The molecule has 9 nitrogen and oxygen atoms in total. The second-order valence-corrected chi connectivity index (χ2v) is 19.5. The number of hydrogen-bond acceptors (Lipinski definition) is 6. The highest BCUT2D eigenvalue weighted by molar-refractivity contribution is 6.71. The number of hydrogen-bond donors (Lipinski definition) is 2. The highest BCUT2D eigenvalue weighted by Crippen LogP contribution is 2.60. The third-order valence-corrected chi connectivity index (χ3v) is 14.1. The number of ether oxygens (including phenoxy) is 1. The molecule has 3 amide bonds. The first-order chi connectivity index (χ1) is 25.9. The SMILES string of the molecule is C[C@H]1[C@H]([Si](C)(C)O)[C@@H](CC(=O)N(CCO)Cc2ccccc2)O[C@]12C(=O)N(Cc1ccc(N3C(=O)c4cccc5cccc3c45)cc1)c1ccc(Cl)cc12. The predicted molar refractivity (Wildman–Crippen MR) is 212 cm³/mol. The van der Waals surface area contributed by atoms with Gasteiger partial charge in [0, 0.05) is 46.2 Å². The first-order valence-corrected chi connectivity index (χ1v) is 21.7. The fourth-order valence-corrected chi connectivity index (χ4v) is 11.8. The number of anilines is 3. The monoisotopic (exact) mass is 759 g/mol. The lowest BCUT2D eigenvalue weighted by Gasteiger charge is -2.32. The number of carbonyl (C=O) groups is 3. The zero-order chi connectivity index (χ0) is 37.9. The van der Waals surface area contributed by atoms with Crippen molar-refractivity contribution in [2.75, 3.05) is 23.0 Å². The van der Waals surface area contributed by atoms with Crippen LogP contribution in [0, 0.1) is 5.92 Å². The Hall–Kier alpha value is -4.84. The van der Waals surface area contributed by atoms with Gasteiger partial charge in [0.05, 0.1) is 42.6 Å². The molecule has 54 heavy (non-hydrogen) atoms. The lowest BCUT2D eigenvalue weighted by molar-refractivity contribution is -0.150. The molecule has 0 bridgehead atoms. The highest BCUT2D eigenvalue weighted by Gasteiger charge is 2.66. The fraction of sp³-hybridized carbons (Fsp3) is 0.279. The maximum absolute atomic E-state index is 15.0. The van der Waals surface area contributed by atoms with Crippen LogP contribution in [0.5, 0.6) is 0 Å². The van der Waals surface area contributed by atoms with E-state index < -0.39 is 31.5 Å². The summed E-state index contributed by atoms with van der Waals surface area (Å²) in [5.41, 5.74) is 3.35. The lowest BCUT2D eigenvalue weighted by atomic mass is 9.82. The average molecular weight is 760 g/mol. The zero-order valence-electron chi connectivity index (χ0n) is 30.4. The van der Waals surface area contributed by atoms with Gasteiger partial charge in [0.1, 0.15) is 0 Å². The van der Waals surface area contributed by atoms with Gasteiger partial charge in [0.25, 0.3) is 11.8 Å². The largest absolute Gasteiger partial charge is 0.432 e. The molecule has 276 valence electrons. The maximum atomic E-state index is 15.0. The molecule has 3 aliphatic rings. The average Bonchev–Trinajstić information content (AvgIpc) is 3.70. The third-order valence-electron chi connectivity index (χ3n) is 11.4. The number of halogens is 1. The van der Waals surface area contributed by atoms with E-state index in [0.29, 0.717) is 28.4 Å². The number of nitrogens with zero attached hydrogens (tertiary/aromatic N) is 3. The van der Waals surface area contributed by atoms with E-state index in [0.717, 1.165) is 33.3 Å². The van der Waals surface area contributed by atoms with Crippen molar-refractivity contribution in [1.29, 1.82) is 0 Å². The van der Waals surface area contributed by atoms with E-state index in [9.17, 15) is 24.3 Å². The van der Waals surface area contributed by atoms with E-state index in [4.69, 9.17) is 16.3 Å². The molecule has 3 aliphatic heterocycles. The molecule has 5 aromatic rings. The smallest absolute Gasteiger partial charge is 0.264 e. The first-order valence-electron chi connectivity index (χ1n) is 18.3. The summed E-state index contributed by atoms with van der Waals surface area (Å²) < 4.78 is 6.90. The van der Waals surface area contributed by atoms with Crippen molar-refractivity contribution < 1.29 is 29.0 Å². The molecule has 1 saturated heterocycles. The second kappa shape index (κ2) is 13.8. The van der Waals surface area contributed by atoms with E-state index in [1.807, 2.05) is 117 Å². The van der Waals surface area contributed by atoms with Crippen LogP contribution in [0.1, 0.15) is 40.4 Å². The number of aliphatic hydroxyl groups excluding tert-OH is 1. The van der Waals surface area contributed by atoms with Crippen molar-refractivity contribution in [2.24, 2.45) is 5.92 Å². The lowest BCUT2D eigenvalue weighted by Crippen LogP contribution is -2.46. The van der Waals surface area contributed by atoms with Crippen molar-refractivity contribution in [2.45, 2.75) is 56.8 Å². The van der Waals surface area contributed by atoms with E-state index >= 15 is 0 Å². The Morgan fingerprint density at radius 1 is 0.907 bits per heavy atom. The summed E-state index contributed by atoms with van der Waals surface area (Å²) in [5.74, 6) is -1.07. The molecule has 0 aromatic heterocycles. The van der Waals surface area contributed by atoms with Crippen molar-refractivity contribution in [3.05, 3.63) is 136 Å². The van der Waals surface area contributed by atoms with Crippen molar-refractivity contribution in [3.8, 4) is 0 Å². The number of amides is 3. The summed E-state index contributed by atoms with van der Waals surface area (Å²) in [7, 11) is -3.05. The van der Waals surface area contributed by atoms with Crippen LogP contribution in [0.3, 0.4) is 0 Å². The van der Waals surface area contributed by atoms with E-state index in [1.54, 1.807) is 26.8 Å². The molecule has 4 atom stereocenters. The number of aliphatic hydroxyl groups is 1. The second-order valence-electron chi connectivity index (χ2n) is 15.1. The van der Waals surface area contributed by atoms with Gasteiger partial charge >= 0.3 is 0 Å². The molecule has 2 N–H and O–H groups in total. The quantitative estimate of drug-likeness (QED) is 0.143. The molecular weight excluding hydrogens is 718 g/mol. The molecule has 1 spiro atoms. The third kappa shape index (κ3) is 5.93. The molecule has 8 rings (SSSR count). The number of fused-ring (bicyclic) bond motifs is 2. The van der Waals surface area contributed by atoms with Gasteiger partial charge in [-0.05, 0) is 72.1 Å². The Kier molecular flexibility index (Phi) is 9.22. The minimum Gasteiger partial charge on any atom is -0.432 e. The Bertz CT molecular complexity index is 2270. The summed E-state index contributed by atoms with van der Waals surface area (Å²) in [6, 6.07) is 34.2. The Morgan fingerprint density at radius 2 is 1.63 bits per heavy atom. The molecule has 0 radical (unpaired) electrons. The highest BCUT2D eigenvalue weighted by atomic mass is 35.5. The summed E-state index contributed by atoms with van der Waals surface area (Å²) in [6.07, 6.45) is -0.810. The summed E-state index contributed by atoms with van der Waals surface area (Å²) in [5, 5.41) is 12.2. The van der Waals surface area contributed by atoms with Gasteiger partial charge in [-0.1, -0.05) is 85.3 Å². The van der Waals surface area contributed by atoms with Gasteiger partial charge < -0.3 is 24.4 Å².